The van der Waals surface area contributed by atoms with Crippen molar-refractivity contribution < 1.29 is 4.79 Å². The summed E-state index contributed by atoms with van der Waals surface area (Å²) in [7, 11) is 0. The number of carbonyl (C=O) groups excluding carboxylic acids is 1. The van der Waals surface area contributed by atoms with Crippen molar-refractivity contribution in [1.29, 1.82) is 0 Å². The predicted molar refractivity (Wildman–Crippen MR) is 77.1 cm³/mol. The van der Waals surface area contributed by atoms with Crippen LogP contribution in [0, 0.1) is 5.92 Å². The van der Waals surface area contributed by atoms with Crippen LogP contribution in [0.2, 0.25) is 0 Å². The molecule has 1 heterocycles. The van der Waals surface area contributed by atoms with Gasteiger partial charge < -0.3 is 10.2 Å². The molecule has 1 aliphatic heterocycles. The van der Waals surface area contributed by atoms with E-state index in [0.29, 0.717) is 11.9 Å². The van der Waals surface area contributed by atoms with Crippen LogP contribution in [-0.2, 0) is 4.79 Å². The van der Waals surface area contributed by atoms with Crippen molar-refractivity contribution in [2.75, 3.05) is 19.6 Å². The topological polar surface area (TPSA) is 32.3 Å². The van der Waals surface area contributed by atoms with Gasteiger partial charge in [-0.05, 0) is 51.6 Å². The van der Waals surface area contributed by atoms with E-state index >= 15 is 0 Å². The lowest BCUT2D eigenvalue weighted by atomic mass is 10.0. The average molecular weight is 275 g/mol. The fraction of sp³-hybridized carbons (Fsp3) is 0.929. The van der Waals surface area contributed by atoms with Gasteiger partial charge in [0, 0.05) is 19.0 Å². The number of halogens is 1. The minimum Gasteiger partial charge on any atom is -0.340 e. The third kappa shape index (κ3) is 4.13. The smallest absolute Gasteiger partial charge is 0.222 e. The minimum atomic E-state index is 0. The summed E-state index contributed by atoms with van der Waals surface area (Å²) in [5.74, 6) is 1.13. The summed E-state index contributed by atoms with van der Waals surface area (Å²) >= 11 is 0. The zero-order valence-corrected chi connectivity index (χ0v) is 12.3. The second-order valence-electron chi connectivity index (χ2n) is 5.52. The van der Waals surface area contributed by atoms with E-state index in [0.717, 1.165) is 38.4 Å². The Balaban J connectivity index is 0.00000162. The largest absolute Gasteiger partial charge is 0.340 e. The van der Waals surface area contributed by atoms with Gasteiger partial charge >= 0.3 is 0 Å². The van der Waals surface area contributed by atoms with Gasteiger partial charge in [0.1, 0.15) is 0 Å². The minimum absolute atomic E-state index is 0. The van der Waals surface area contributed by atoms with E-state index in [2.05, 4.69) is 17.1 Å². The Morgan fingerprint density at radius 3 is 2.56 bits per heavy atom. The van der Waals surface area contributed by atoms with E-state index in [1.165, 1.54) is 32.1 Å². The fourth-order valence-electron chi connectivity index (χ4n) is 3.29. The van der Waals surface area contributed by atoms with E-state index in [9.17, 15) is 4.79 Å². The molecule has 2 rings (SSSR count). The summed E-state index contributed by atoms with van der Waals surface area (Å²) in [6.07, 6.45) is 8.16. The van der Waals surface area contributed by atoms with Crippen LogP contribution in [0.3, 0.4) is 0 Å². The van der Waals surface area contributed by atoms with E-state index in [-0.39, 0.29) is 12.4 Å². The summed E-state index contributed by atoms with van der Waals surface area (Å²) < 4.78 is 0. The van der Waals surface area contributed by atoms with Crippen LogP contribution in [0.1, 0.15) is 51.9 Å². The molecular formula is C14H27ClN2O. The molecule has 0 radical (unpaired) electrons. The molecule has 1 atom stereocenters. The van der Waals surface area contributed by atoms with E-state index in [1.807, 2.05) is 0 Å². The molecule has 106 valence electrons. The monoisotopic (exact) mass is 274 g/mol. The number of hydrogen-bond acceptors (Lipinski definition) is 2. The lowest BCUT2D eigenvalue weighted by Crippen LogP contribution is -2.38. The van der Waals surface area contributed by atoms with Crippen molar-refractivity contribution in [3.8, 4) is 0 Å². The second kappa shape index (κ2) is 8.00. The van der Waals surface area contributed by atoms with Crippen LogP contribution in [0.15, 0.2) is 0 Å². The van der Waals surface area contributed by atoms with Gasteiger partial charge in [-0.25, -0.2) is 0 Å². The number of hydrogen-bond donors (Lipinski definition) is 1. The molecule has 1 amide bonds. The van der Waals surface area contributed by atoms with Crippen LogP contribution >= 0.6 is 12.4 Å². The van der Waals surface area contributed by atoms with Crippen molar-refractivity contribution in [2.45, 2.75) is 57.9 Å². The fourth-order valence-corrected chi connectivity index (χ4v) is 3.29. The van der Waals surface area contributed by atoms with Gasteiger partial charge in [0.25, 0.3) is 0 Å². The lowest BCUT2D eigenvalue weighted by molar-refractivity contribution is -0.133. The zero-order chi connectivity index (χ0) is 12.1. The van der Waals surface area contributed by atoms with Crippen LogP contribution in [0.4, 0.5) is 0 Å². The van der Waals surface area contributed by atoms with Gasteiger partial charge in [-0.15, -0.1) is 12.4 Å². The molecule has 1 saturated heterocycles. The second-order valence-corrected chi connectivity index (χ2v) is 5.52. The zero-order valence-electron chi connectivity index (χ0n) is 11.5. The molecule has 0 spiro atoms. The molecule has 1 N–H and O–H groups in total. The van der Waals surface area contributed by atoms with Crippen LogP contribution < -0.4 is 5.32 Å². The van der Waals surface area contributed by atoms with Crippen LogP contribution in [0.5, 0.6) is 0 Å². The van der Waals surface area contributed by atoms with Crippen molar-refractivity contribution >= 4 is 18.3 Å². The quantitative estimate of drug-likeness (QED) is 0.836. The first-order valence-electron chi connectivity index (χ1n) is 7.31. The average Bonchev–Trinajstić information content (AvgIpc) is 3.00. The Bertz CT molecular complexity index is 248. The third-order valence-corrected chi connectivity index (χ3v) is 4.36. The first kappa shape index (κ1) is 15.8. The summed E-state index contributed by atoms with van der Waals surface area (Å²) in [6, 6.07) is 0.550. The standard InChI is InChI=1S/C14H26N2O.ClH/c1-2-16(13-5-3-4-6-13)14(17)8-7-12-9-10-15-11-12;/h12-13,15H,2-11H2,1H3;1H. The van der Waals surface area contributed by atoms with E-state index < -0.39 is 0 Å². The Hall–Kier alpha value is -0.280. The number of carbonyl (C=O) groups is 1. The first-order valence-corrected chi connectivity index (χ1v) is 7.31. The number of amides is 1. The van der Waals surface area contributed by atoms with Crippen molar-refractivity contribution in [1.82, 2.24) is 10.2 Å². The molecule has 0 bridgehead atoms. The van der Waals surface area contributed by atoms with Crippen LogP contribution in [-0.4, -0.2) is 36.5 Å². The maximum absolute atomic E-state index is 12.2. The van der Waals surface area contributed by atoms with Crippen molar-refractivity contribution in [2.24, 2.45) is 5.92 Å². The highest BCUT2D eigenvalue weighted by Crippen LogP contribution is 2.24. The molecule has 3 nitrogen and oxygen atoms in total. The van der Waals surface area contributed by atoms with Gasteiger partial charge in [-0.3, -0.25) is 4.79 Å². The van der Waals surface area contributed by atoms with Gasteiger partial charge in [0.2, 0.25) is 5.91 Å². The Morgan fingerprint density at radius 1 is 1.28 bits per heavy atom. The lowest BCUT2D eigenvalue weighted by Gasteiger charge is -2.28. The molecule has 2 aliphatic rings. The van der Waals surface area contributed by atoms with E-state index in [1.54, 1.807) is 0 Å². The Kier molecular flexibility index (Phi) is 7.02. The van der Waals surface area contributed by atoms with E-state index in [4.69, 9.17) is 0 Å². The number of nitrogens with one attached hydrogen (secondary N) is 1. The Morgan fingerprint density at radius 2 is 2.00 bits per heavy atom. The number of nitrogens with zero attached hydrogens (tertiary/aromatic N) is 1. The molecule has 4 heteroatoms. The summed E-state index contributed by atoms with van der Waals surface area (Å²) in [4.78, 5) is 14.4. The number of rotatable bonds is 5. The Labute approximate surface area is 117 Å². The maximum atomic E-state index is 12.2. The van der Waals surface area contributed by atoms with Gasteiger partial charge in [-0.2, -0.15) is 0 Å². The van der Waals surface area contributed by atoms with Crippen molar-refractivity contribution in [3.05, 3.63) is 0 Å². The summed E-state index contributed by atoms with van der Waals surface area (Å²) in [6.45, 7) is 5.27. The van der Waals surface area contributed by atoms with Crippen LogP contribution in [0.25, 0.3) is 0 Å². The predicted octanol–water partition coefficient (Wildman–Crippen LogP) is 2.59. The molecule has 1 unspecified atom stereocenters. The normalized spacial score (nSPS) is 23.9. The molecular weight excluding hydrogens is 248 g/mol. The highest BCUT2D eigenvalue weighted by molar-refractivity contribution is 5.85. The molecule has 1 saturated carbocycles. The molecule has 0 aromatic rings. The SMILES string of the molecule is CCN(C(=O)CCC1CCNC1)C1CCCC1.Cl. The molecule has 2 fully saturated rings. The van der Waals surface area contributed by atoms with Gasteiger partial charge in [0.15, 0.2) is 0 Å². The highest BCUT2D eigenvalue weighted by atomic mass is 35.5. The first-order chi connectivity index (χ1) is 8.31. The summed E-state index contributed by atoms with van der Waals surface area (Å²) in [5.41, 5.74) is 0. The molecule has 0 aromatic heterocycles. The highest BCUT2D eigenvalue weighted by Gasteiger charge is 2.25. The maximum Gasteiger partial charge on any atom is 0.222 e. The molecule has 1 aliphatic carbocycles. The third-order valence-electron chi connectivity index (χ3n) is 4.36. The molecule has 18 heavy (non-hydrogen) atoms. The molecule has 0 aromatic carbocycles. The van der Waals surface area contributed by atoms with Gasteiger partial charge in [0.05, 0.1) is 0 Å². The van der Waals surface area contributed by atoms with Crippen molar-refractivity contribution in [3.63, 3.8) is 0 Å². The van der Waals surface area contributed by atoms with Gasteiger partial charge in [-0.1, -0.05) is 12.8 Å². The summed E-state index contributed by atoms with van der Waals surface area (Å²) in [5, 5.41) is 3.37.